The van der Waals surface area contributed by atoms with E-state index in [-0.39, 0.29) is 0 Å². The summed E-state index contributed by atoms with van der Waals surface area (Å²) >= 11 is 0. The Labute approximate surface area is 91.6 Å². The standard InChI is InChI=1S/C11H21N3O/c1-10-8-13-14(9-10)6-5-12-11(2)4-7-15-3/h8-9,11-12H,4-7H2,1-3H3. The third-order valence-corrected chi connectivity index (χ3v) is 2.35. The first kappa shape index (κ1) is 12.2. The van der Waals surface area contributed by atoms with Gasteiger partial charge < -0.3 is 10.1 Å². The summed E-state index contributed by atoms with van der Waals surface area (Å²) in [6.07, 6.45) is 4.99. The lowest BCUT2D eigenvalue weighted by atomic mass is 10.2. The third-order valence-electron chi connectivity index (χ3n) is 2.35. The van der Waals surface area contributed by atoms with Gasteiger partial charge in [0.05, 0.1) is 12.7 Å². The number of hydrogen-bond acceptors (Lipinski definition) is 3. The average molecular weight is 211 g/mol. The molecule has 0 saturated heterocycles. The lowest BCUT2D eigenvalue weighted by Gasteiger charge is -2.12. The van der Waals surface area contributed by atoms with Crippen molar-refractivity contribution in [3.8, 4) is 0 Å². The highest BCUT2D eigenvalue weighted by Gasteiger charge is 2.00. The highest BCUT2D eigenvalue weighted by Crippen LogP contribution is 1.94. The van der Waals surface area contributed by atoms with Gasteiger partial charge in [-0.25, -0.2) is 0 Å². The number of nitrogens with one attached hydrogen (secondary N) is 1. The molecule has 86 valence electrons. The molecule has 1 atom stereocenters. The normalized spacial score (nSPS) is 13.0. The van der Waals surface area contributed by atoms with E-state index in [2.05, 4.69) is 30.5 Å². The van der Waals surface area contributed by atoms with Crippen molar-refractivity contribution in [2.24, 2.45) is 0 Å². The fraction of sp³-hybridized carbons (Fsp3) is 0.727. The van der Waals surface area contributed by atoms with Gasteiger partial charge >= 0.3 is 0 Å². The van der Waals surface area contributed by atoms with Crippen molar-refractivity contribution >= 4 is 0 Å². The number of methoxy groups -OCH3 is 1. The van der Waals surface area contributed by atoms with Crippen LogP contribution in [0.1, 0.15) is 18.9 Å². The summed E-state index contributed by atoms with van der Waals surface area (Å²) in [5.74, 6) is 0. The van der Waals surface area contributed by atoms with Gasteiger partial charge in [0.15, 0.2) is 0 Å². The molecule has 0 amide bonds. The summed E-state index contributed by atoms with van der Waals surface area (Å²) in [4.78, 5) is 0. The molecule has 1 aromatic rings. The Hall–Kier alpha value is -0.870. The molecule has 4 nitrogen and oxygen atoms in total. The van der Waals surface area contributed by atoms with Crippen LogP contribution in [0.5, 0.6) is 0 Å². The predicted molar refractivity (Wildman–Crippen MR) is 60.9 cm³/mol. The molecular formula is C11H21N3O. The minimum Gasteiger partial charge on any atom is -0.385 e. The molecule has 0 aliphatic heterocycles. The smallest absolute Gasteiger partial charge is 0.0534 e. The fourth-order valence-corrected chi connectivity index (χ4v) is 1.41. The van der Waals surface area contributed by atoms with Crippen LogP contribution in [-0.4, -0.2) is 36.1 Å². The number of rotatable bonds is 7. The van der Waals surface area contributed by atoms with Crippen LogP contribution in [0.25, 0.3) is 0 Å². The van der Waals surface area contributed by atoms with E-state index in [1.807, 2.05) is 10.9 Å². The maximum absolute atomic E-state index is 5.02. The molecule has 0 aliphatic carbocycles. The second-order valence-electron chi connectivity index (χ2n) is 3.92. The van der Waals surface area contributed by atoms with Crippen molar-refractivity contribution in [1.82, 2.24) is 15.1 Å². The Kier molecular flexibility index (Phi) is 5.36. The van der Waals surface area contributed by atoms with E-state index >= 15 is 0 Å². The van der Waals surface area contributed by atoms with Crippen molar-refractivity contribution in [3.63, 3.8) is 0 Å². The lowest BCUT2D eigenvalue weighted by Crippen LogP contribution is -2.30. The zero-order valence-corrected chi connectivity index (χ0v) is 9.86. The molecule has 1 heterocycles. The predicted octanol–water partition coefficient (Wildman–Crippen LogP) is 1.21. The van der Waals surface area contributed by atoms with E-state index in [4.69, 9.17) is 4.74 Å². The van der Waals surface area contributed by atoms with Gasteiger partial charge in [0.25, 0.3) is 0 Å². The van der Waals surface area contributed by atoms with E-state index in [1.165, 1.54) is 5.56 Å². The molecule has 0 saturated carbocycles. The van der Waals surface area contributed by atoms with Crippen LogP contribution in [0, 0.1) is 6.92 Å². The molecule has 15 heavy (non-hydrogen) atoms. The van der Waals surface area contributed by atoms with Gasteiger partial charge in [-0.15, -0.1) is 0 Å². The summed E-state index contributed by atoms with van der Waals surface area (Å²) < 4.78 is 6.99. The van der Waals surface area contributed by atoms with Crippen molar-refractivity contribution in [2.75, 3.05) is 20.3 Å². The summed E-state index contributed by atoms with van der Waals surface area (Å²) in [6, 6.07) is 0.501. The van der Waals surface area contributed by atoms with Gasteiger partial charge in [-0.3, -0.25) is 4.68 Å². The molecule has 0 aromatic carbocycles. The van der Waals surface area contributed by atoms with E-state index in [0.29, 0.717) is 6.04 Å². The van der Waals surface area contributed by atoms with Crippen LogP contribution in [0.2, 0.25) is 0 Å². The van der Waals surface area contributed by atoms with Gasteiger partial charge in [-0.1, -0.05) is 0 Å². The first-order valence-corrected chi connectivity index (χ1v) is 5.43. The minimum absolute atomic E-state index is 0.501. The minimum atomic E-state index is 0.501. The Morgan fingerprint density at radius 1 is 1.60 bits per heavy atom. The maximum Gasteiger partial charge on any atom is 0.0534 e. The largest absolute Gasteiger partial charge is 0.385 e. The molecule has 0 spiro atoms. The summed E-state index contributed by atoms with van der Waals surface area (Å²) in [5.41, 5.74) is 1.21. The lowest BCUT2D eigenvalue weighted by molar-refractivity contribution is 0.184. The summed E-state index contributed by atoms with van der Waals surface area (Å²) in [7, 11) is 1.74. The number of hydrogen-bond donors (Lipinski definition) is 1. The molecule has 1 N–H and O–H groups in total. The highest BCUT2D eigenvalue weighted by atomic mass is 16.5. The molecule has 1 unspecified atom stereocenters. The molecule has 4 heteroatoms. The van der Waals surface area contributed by atoms with Gasteiger partial charge in [-0.2, -0.15) is 5.10 Å². The number of ether oxygens (including phenoxy) is 1. The molecular weight excluding hydrogens is 190 g/mol. The molecule has 0 bridgehead atoms. The number of aryl methyl sites for hydroxylation is 1. The molecule has 1 aromatic heterocycles. The van der Waals surface area contributed by atoms with Crippen molar-refractivity contribution < 1.29 is 4.74 Å². The second kappa shape index (κ2) is 6.58. The van der Waals surface area contributed by atoms with Gasteiger partial charge in [0.1, 0.15) is 0 Å². The van der Waals surface area contributed by atoms with E-state index in [1.54, 1.807) is 7.11 Å². The first-order chi connectivity index (χ1) is 7.22. The van der Waals surface area contributed by atoms with E-state index in [9.17, 15) is 0 Å². The second-order valence-corrected chi connectivity index (χ2v) is 3.92. The number of nitrogens with zero attached hydrogens (tertiary/aromatic N) is 2. The Morgan fingerprint density at radius 3 is 3.00 bits per heavy atom. The summed E-state index contributed by atoms with van der Waals surface area (Å²) in [5, 5.41) is 7.66. The topological polar surface area (TPSA) is 39.1 Å². The van der Waals surface area contributed by atoms with Crippen molar-refractivity contribution in [1.29, 1.82) is 0 Å². The monoisotopic (exact) mass is 211 g/mol. The summed E-state index contributed by atoms with van der Waals surface area (Å²) in [6.45, 7) is 6.91. The quantitative estimate of drug-likeness (QED) is 0.736. The fourth-order valence-electron chi connectivity index (χ4n) is 1.41. The Balaban J connectivity index is 2.10. The van der Waals surface area contributed by atoms with E-state index < -0.39 is 0 Å². The number of aromatic nitrogens is 2. The average Bonchev–Trinajstić information content (AvgIpc) is 2.61. The van der Waals surface area contributed by atoms with E-state index in [0.717, 1.165) is 26.1 Å². The van der Waals surface area contributed by atoms with Crippen LogP contribution < -0.4 is 5.32 Å². The molecule has 0 aliphatic rings. The van der Waals surface area contributed by atoms with Crippen LogP contribution in [0.4, 0.5) is 0 Å². The van der Waals surface area contributed by atoms with Crippen LogP contribution in [0.15, 0.2) is 12.4 Å². The third kappa shape index (κ3) is 4.95. The van der Waals surface area contributed by atoms with Crippen LogP contribution in [-0.2, 0) is 11.3 Å². The van der Waals surface area contributed by atoms with Crippen LogP contribution in [0.3, 0.4) is 0 Å². The van der Waals surface area contributed by atoms with Gasteiger partial charge in [0, 0.05) is 32.5 Å². The molecule has 0 fully saturated rings. The Bertz CT molecular complexity index is 273. The van der Waals surface area contributed by atoms with Crippen molar-refractivity contribution in [3.05, 3.63) is 18.0 Å². The van der Waals surface area contributed by atoms with Crippen molar-refractivity contribution in [2.45, 2.75) is 32.9 Å². The zero-order valence-electron chi connectivity index (χ0n) is 9.86. The highest BCUT2D eigenvalue weighted by molar-refractivity contribution is 4.99. The SMILES string of the molecule is COCCC(C)NCCn1cc(C)cn1. The molecule has 1 rings (SSSR count). The molecule has 0 radical (unpaired) electrons. The Morgan fingerprint density at radius 2 is 2.40 bits per heavy atom. The first-order valence-electron chi connectivity index (χ1n) is 5.43. The van der Waals surface area contributed by atoms with Crippen LogP contribution >= 0.6 is 0 Å². The maximum atomic E-state index is 5.02. The van der Waals surface area contributed by atoms with Gasteiger partial charge in [0.2, 0.25) is 0 Å². The zero-order chi connectivity index (χ0) is 11.1. The van der Waals surface area contributed by atoms with Gasteiger partial charge in [-0.05, 0) is 25.8 Å².